The summed E-state index contributed by atoms with van der Waals surface area (Å²) in [6.07, 6.45) is -2.72. The van der Waals surface area contributed by atoms with Gasteiger partial charge in [-0.1, -0.05) is 25.6 Å². The van der Waals surface area contributed by atoms with Gasteiger partial charge in [-0.2, -0.15) is 13.2 Å². The number of hydrogen-bond donors (Lipinski definition) is 1. The number of aromatic nitrogens is 1. The number of ether oxygens (including phenoxy) is 1. The molecule has 0 unspecified atom stereocenters. The molecule has 0 aliphatic carbocycles. The lowest BCUT2D eigenvalue weighted by Gasteiger charge is -2.30. The number of amidine groups is 1. The maximum atomic E-state index is 13.7. The first kappa shape index (κ1) is 22.6. The first-order chi connectivity index (χ1) is 14.7. The van der Waals surface area contributed by atoms with Gasteiger partial charge in [-0.05, 0) is 36.6 Å². The van der Waals surface area contributed by atoms with E-state index in [9.17, 15) is 13.2 Å². The molecule has 1 saturated heterocycles. The number of hydrogen-bond acceptors (Lipinski definition) is 4. The van der Waals surface area contributed by atoms with Gasteiger partial charge >= 0.3 is 6.18 Å². The highest BCUT2D eigenvalue weighted by molar-refractivity contribution is 6.02. The van der Waals surface area contributed by atoms with Crippen LogP contribution in [0.25, 0.3) is 5.70 Å². The number of aryl methyl sites for hydroxylation is 2. The molecule has 0 bridgehead atoms. The molecular formula is C23H25F3N4O. The Labute approximate surface area is 179 Å². The summed E-state index contributed by atoms with van der Waals surface area (Å²) in [5.41, 5.74) is 10.0. The van der Waals surface area contributed by atoms with Gasteiger partial charge in [0.1, 0.15) is 17.4 Å². The van der Waals surface area contributed by atoms with E-state index >= 15 is 0 Å². The Morgan fingerprint density at radius 1 is 1.29 bits per heavy atom. The average molecular weight is 430 g/mol. The van der Waals surface area contributed by atoms with Crippen LogP contribution in [0.4, 0.5) is 19.0 Å². The number of halogens is 3. The minimum Gasteiger partial charge on any atom is -0.384 e. The average Bonchev–Trinajstić information content (AvgIpc) is 2.75. The highest BCUT2D eigenvalue weighted by atomic mass is 19.4. The Hall–Kier alpha value is -3.09. The summed E-state index contributed by atoms with van der Waals surface area (Å²) < 4.78 is 46.4. The molecule has 1 aliphatic rings. The Balaban J connectivity index is 2.17. The molecule has 5 nitrogen and oxygen atoms in total. The Morgan fingerprint density at radius 3 is 2.61 bits per heavy atom. The fourth-order valence-electron chi connectivity index (χ4n) is 3.48. The third kappa shape index (κ3) is 5.16. The molecule has 0 atom stereocenters. The molecule has 1 fully saturated rings. The van der Waals surface area contributed by atoms with Crippen molar-refractivity contribution in [1.82, 2.24) is 9.88 Å². The van der Waals surface area contributed by atoms with Crippen LogP contribution >= 0.6 is 0 Å². The van der Waals surface area contributed by atoms with Crippen molar-refractivity contribution in [3.05, 3.63) is 70.6 Å². The lowest BCUT2D eigenvalue weighted by molar-refractivity contribution is -0.137. The van der Waals surface area contributed by atoms with E-state index < -0.39 is 11.7 Å². The number of anilines is 1. The standard InChI is InChI=1S/C23H25F3N4O/c1-4-16-12-17(7-6-15(16)3)22(30-8-10-31-11-9-30)29-20(5-2)18-14-28-21(27)13-19(18)23(24,25)26/h6-7,12-14H,2,4,8-11H2,1,3H3,(H2,27,28). The summed E-state index contributed by atoms with van der Waals surface area (Å²) in [4.78, 5) is 10.5. The van der Waals surface area contributed by atoms with Crippen LogP contribution in [0.1, 0.15) is 34.7 Å². The van der Waals surface area contributed by atoms with Crippen molar-refractivity contribution >= 4 is 17.4 Å². The number of pyridine rings is 1. The molecule has 0 radical (unpaired) electrons. The molecule has 1 aliphatic heterocycles. The fourth-order valence-corrected chi connectivity index (χ4v) is 3.48. The largest absolute Gasteiger partial charge is 0.417 e. The zero-order valence-corrected chi connectivity index (χ0v) is 17.6. The molecule has 3 rings (SSSR count). The van der Waals surface area contributed by atoms with E-state index in [4.69, 9.17) is 10.5 Å². The maximum Gasteiger partial charge on any atom is 0.417 e. The molecule has 2 heterocycles. The SMILES string of the molecule is C=C=C(N=C(c1ccc(C)c(CC)c1)N1CCOCC1)c1cnc(N)cc1C(F)(F)F. The van der Waals surface area contributed by atoms with E-state index in [1.165, 1.54) is 0 Å². The van der Waals surface area contributed by atoms with E-state index in [0.717, 1.165) is 35.4 Å². The second-order valence-electron chi connectivity index (χ2n) is 7.21. The van der Waals surface area contributed by atoms with Gasteiger partial charge in [0.25, 0.3) is 0 Å². The maximum absolute atomic E-state index is 13.7. The Bertz CT molecular complexity index is 1030. The summed E-state index contributed by atoms with van der Waals surface area (Å²) in [7, 11) is 0. The summed E-state index contributed by atoms with van der Waals surface area (Å²) >= 11 is 0. The van der Waals surface area contributed by atoms with Crippen LogP contribution in [0.3, 0.4) is 0 Å². The minimum atomic E-state index is -4.62. The number of rotatable bonds is 4. The van der Waals surface area contributed by atoms with Crippen LogP contribution in [-0.2, 0) is 17.3 Å². The molecular weight excluding hydrogens is 405 g/mol. The van der Waals surface area contributed by atoms with Crippen molar-refractivity contribution in [1.29, 1.82) is 0 Å². The number of aliphatic imine (C=N–C) groups is 1. The van der Waals surface area contributed by atoms with Crippen LogP contribution in [-0.4, -0.2) is 42.0 Å². The van der Waals surface area contributed by atoms with Crippen molar-refractivity contribution in [3.63, 3.8) is 0 Å². The van der Waals surface area contributed by atoms with Gasteiger partial charge in [0, 0.05) is 30.4 Å². The highest BCUT2D eigenvalue weighted by Crippen LogP contribution is 2.36. The molecule has 164 valence electrons. The van der Waals surface area contributed by atoms with Crippen LogP contribution in [0, 0.1) is 6.92 Å². The van der Waals surface area contributed by atoms with Crippen molar-refractivity contribution in [2.45, 2.75) is 26.4 Å². The number of nitrogens with zero attached hydrogens (tertiary/aromatic N) is 3. The molecule has 31 heavy (non-hydrogen) atoms. The molecule has 1 aromatic carbocycles. The quantitative estimate of drug-likeness (QED) is 0.442. The summed E-state index contributed by atoms with van der Waals surface area (Å²) in [6.45, 7) is 9.84. The van der Waals surface area contributed by atoms with E-state index in [2.05, 4.69) is 29.2 Å². The van der Waals surface area contributed by atoms with Crippen LogP contribution in [0.5, 0.6) is 0 Å². The number of alkyl halides is 3. The third-order valence-corrected chi connectivity index (χ3v) is 5.17. The molecule has 2 aromatic rings. The molecule has 0 amide bonds. The third-order valence-electron chi connectivity index (χ3n) is 5.17. The van der Waals surface area contributed by atoms with E-state index in [1.54, 1.807) is 0 Å². The number of benzene rings is 1. The van der Waals surface area contributed by atoms with E-state index in [1.807, 2.05) is 30.0 Å². The summed E-state index contributed by atoms with van der Waals surface area (Å²) in [5.74, 6) is 0.331. The Morgan fingerprint density at radius 2 is 2.00 bits per heavy atom. The van der Waals surface area contributed by atoms with Gasteiger partial charge < -0.3 is 15.4 Å². The first-order valence-corrected chi connectivity index (χ1v) is 9.99. The zero-order valence-electron chi connectivity index (χ0n) is 17.6. The Kier molecular flexibility index (Phi) is 6.83. The first-order valence-electron chi connectivity index (χ1n) is 9.99. The van der Waals surface area contributed by atoms with Gasteiger partial charge in [0.15, 0.2) is 0 Å². The lowest BCUT2D eigenvalue weighted by atomic mass is 10.0. The van der Waals surface area contributed by atoms with Gasteiger partial charge in [-0.25, -0.2) is 9.98 Å². The van der Waals surface area contributed by atoms with E-state index in [-0.39, 0.29) is 17.1 Å². The zero-order chi connectivity index (χ0) is 22.6. The van der Waals surface area contributed by atoms with Gasteiger partial charge in [-0.15, -0.1) is 5.73 Å². The monoisotopic (exact) mass is 430 g/mol. The summed E-state index contributed by atoms with van der Waals surface area (Å²) in [6, 6.07) is 6.75. The molecule has 8 heteroatoms. The predicted molar refractivity (Wildman–Crippen MR) is 116 cm³/mol. The minimum absolute atomic E-state index is 0.0417. The summed E-state index contributed by atoms with van der Waals surface area (Å²) in [5, 5.41) is 0. The number of nitrogen functional groups attached to an aromatic ring is 1. The lowest BCUT2D eigenvalue weighted by Crippen LogP contribution is -2.41. The van der Waals surface area contributed by atoms with Crippen LogP contribution < -0.4 is 5.73 Å². The van der Waals surface area contributed by atoms with Crippen molar-refractivity contribution in [2.24, 2.45) is 4.99 Å². The fraction of sp³-hybridized carbons (Fsp3) is 0.348. The van der Waals surface area contributed by atoms with Gasteiger partial charge in [-0.3, -0.25) is 0 Å². The van der Waals surface area contributed by atoms with Crippen molar-refractivity contribution in [3.8, 4) is 0 Å². The van der Waals surface area contributed by atoms with Gasteiger partial charge in [0.05, 0.1) is 18.8 Å². The normalized spacial score (nSPS) is 15.0. The second kappa shape index (κ2) is 9.37. The predicted octanol–water partition coefficient (Wildman–Crippen LogP) is 4.46. The van der Waals surface area contributed by atoms with Gasteiger partial charge in [0.2, 0.25) is 0 Å². The van der Waals surface area contributed by atoms with Crippen LogP contribution in [0.15, 0.2) is 47.8 Å². The van der Waals surface area contributed by atoms with E-state index in [0.29, 0.717) is 32.1 Å². The molecule has 0 saturated carbocycles. The van der Waals surface area contributed by atoms with Crippen molar-refractivity contribution in [2.75, 3.05) is 32.0 Å². The van der Waals surface area contributed by atoms with Crippen LogP contribution in [0.2, 0.25) is 0 Å². The topological polar surface area (TPSA) is 63.7 Å². The highest BCUT2D eigenvalue weighted by Gasteiger charge is 2.35. The molecule has 0 spiro atoms. The second-order valence-corrected chi connectivity index (χ2v) is 7.21. The molecule has 1 aromatic heterocycles. The number of morpholine rings is 1. The smallest absolute Gasteiger partial charge is 0.384 e. The van der Waals surface area contributed by atoms with Crippen molar-refractivity contribution < 1.29 is 17.9 Å². The number of nitrogens with two attached hydrogens (primary N) is 1. The molecule has 2 N–H and O–H groups in total.